The molecule has 1 aliphatic rings. The van der Waals surface area contributed by atoms with E-state index in [1.165, 1.54) is 30.6 Å². The molecule has 1 fully saturated rings. The summed E-state index contributed by atoms with van der Waals surface area (Å²) in [5.41, 5.74) is 6.72. The van der Waals surface area contributed by atoms with Crippen LogP contribution >= 0.6 is 27.3 Å². The highest BCUT2D eigenvalue weighted by Gasteiger charge is 2.26. The summed E-state index contributed by atoms with van der Waals surface area (Å²) < 4.78 is 2.02. The van der Waals surface area contributed by atoms with Gasteiger partial charge in [-0.3, -0.25) is 4.79 Å². The van der Waals surface area contributed by atoms with Gasteiger partial charge in [-0.15, -0.1) is 11.3 Å². The quantitative estimate of drug-likeness (QED) is 0.870. The maximum absolute atomic E-state index is 12.4. The lowest BCUT2D eigenvalue weighted by Gasteiger charge is -2.31. The third-order valence-corrected chi connectivity index (χ3v) is 5.79. The van der Waals surface area contributed by atoms with Crippen molar-refractivity contribution in [3.63, 3.8) is 0 Å². The lowest BCUT2D eigenvalue weighted by Crippen LogP contribution is -2.40. The smallest absolute Gasteiger partial charge is 0.263 e. The maximum Gasteiger partial charge on any atom is 0.263 e. The van der Waals surface area contributed by atoms with Gasteiger partial charge < -0.3 is 11.1 Å². The summed E-state index contributed by atoms with van der Waals surface area (Å²) in [6.45, 7) is 2.09. The SMILES string of the molecule is CC(NC(=O)c1sc2ccc(Br)cc2c1N)C1CCC1. The summed E-state index contributed by atoms with van der Waals surface area (Å²) in [5.74, 6) is 0.586. The van der Waals surface area contributed by atoms with Gasteiger partial charge in [0.25, 0.3) is 5.91 Å². The molecule has 20 heavy (non-hydrogen) atoms. The summed E-state index contributed by atoms with van der Waals surface area (Å²) in [4.78, 5) is 13.0. The van der Waals surface area contributed by atoms with E-state index in [-0.39, 0.29) is 11.9 Å². The Balaban J connectivity index is 1.85. The van der Waals surface area contributed by atoms with E-state index in [2.05, 4.69) is 28.2 Å². The number of anilines is 1. The third-order valence-electron chi connectivity index (χ3n) is 4.11. The second-order valence-corrected chi connectivity index (χ2v) is 7.41. The molecular weight excluding hydrogens is 336 g/mol. The molecule has 0 aliphatic heterocycles. The van der Waals surface area contributed by atoms with E-state index in [4.69, 9.17) is 5.73 Å². The molecule has 1 amide bonds. The Labute approximate surface area is 130 Å². The zero-order chi connectivity index (χ0) is 14.3. The van der Waals surface area contributed by atoms with Gasteiger partial charge >= 0.3 is 0 Å². The summed E-state index contributed by atoms with van der Waals surface area (Å²) in [7, 11) is 0. The van der Waals surface area contributed by atoms with E-state index in [0.717, 1.165) is 14.6 Å². The monoisotopic (exact) mass is 352 g/mol. The van der Waals surface area contributed by atoms with Crippen molar-refractivity contribution in [2.75, 3.05) is 5.73 Å². The van der Waals surface area contributed by atoms with Crippen LogP contribution < -0.4 is 11.1 Å². The second-order valence-electron chi connectivity index (χ2n) is 5.44. The number of nitrogens with one attached hydrogen (secondary N) is 1. The highest BCUT2D eigenvalue weighted by Crippen LogP contribution is 2.36. The first-order valence-corrected chi connectivity index (χ1v) is 8.45. The number of thiophene rings is 1. The fourth-order valence-electron chi connectivity index (χ4n) is 2.59. The molecule has 0 saturated heterocycles. The van der Waals surface area contributed by atoms with Gasteiger partial charge in [-0.25, -0.2) is 0 Å². The molecule has 0 spiro atoms. The van der Waals surface area contributed by atoms with E-state index in [1.807, 2.05) is 18.2 Å². The van der Waals surface area contributed by atoms with Gasteiger partial charge in [0, 0.05) is 20.6 Å². The number of rotatable bonds is 3. The van der Waals surface area contributed by atoms with Crippen molar-refractivity contribution in [3.8, 4) is 0 Å². The lowest BCUT2D eigenvalue weighted by molar-refractivity contribution is 0.0914. The number of halogens is 1. The molecular formula is C15H17BrN2OS. The van der Waals surface area contributed by atoms with E-state index >= 15 is 0 Å². The molecule has 3 nitrogen and oxygen atoms in total. The summed E-state index contributed by atoms with van der Waals surface area (Å²) in [6, 6.07) is 6.16. The van der Waals surface area contributed by atoms with Crippen LogP contribution in [-0.2, 0) is 0 Å². The number of fused-ring (bicyclic) bond motifs is 1. The van der Waals surface area contributed by atoms with Crippen LogP contribution in [0.3, 0.4) is 0 Å². The van der Waals surface area contributed by atoms with E-state index in [9.17, 15) is 4.79 Å². The Morgan fingerprint density at radius 1 is 1.50 bits per heavy atom. The average molecular weight is 353 g/mol. The molecule has 1 unspecified atom stereocenters. The maximum atomic E-state index is 12.4. The van der Waals surface area contributed by atoms with E-state index in [1.54, 1.807) is 0 Å². The number of carbonyl (C=O) groups is 1. The molecule has 1 aromatic heterocycles. The minimum Gasteiger partial charge on any atom is -0.397 e. The first-order chi connectivity index (χ1) is 9.56. The molecule has 1 atom stereocenters. The third kappa shape index (κ3) is 2.44. The van der Waals surface area contributed by atoms with Crippen molar-refractivity contribution < 1.29 is 4.79 Å². The zero-order valence-electron chi connectivity index (χ0n) is 11.3. The molecule has 1 heterocycles. The van der Waals surface area contributed by atoms with Gasteiger partial charge in [-0.2, -0.15) is 0 Å². The van der Waals surface area contributed by atoms with Crippen LogP contribution in [-0.4, -0.2) is 11.9 Å². The van der Waals surface area contributed by atoms with Crippen LogP contribution in [0.1, 0.15) is 35.9 Å². The minimum atomic E-state index is -0.0424. The largest absolute Gasteiger partial charge is 0.397 e. The molecule has 3 rings (SSSR count). The Morgan fingerprint density at radius 2 is 2.25 bits per heavy atom. The van der Waals surface area contributed by atoms with Gasteiger partial charge in [0.15, 0.2) is 0 Å². The van der Waals surface area contributed by atoms with Crippen molar-refractivity contribution in [2.45, 2.75) is 32.2 Å². The van der Waals surface area contributed by atoms with E-state index < -0.39 is 0 Å². The van der Waals surface area contributed by atoms with Gasteiger partial charge in [-0.05, 0) is 43.9 Å². The molecule has 0 radical (unpaired) electrons. The van der Waals surface area contributed by atoms with Crippen LogP contribution in [0.15, 0.2) is 22.7 Å². The van der Waals surface area contributed by atoms with Crippen LogP contribution in [0.25, 0.3) is 10.1 Å². The summed E-state index contributed by atoms with van der Waals surface area (Å²) >= 11 is 4.90. The van der Waals surface area contributed by atoms with Crippen LogP contribution in [0.2, 0.25) is 0 Å². The summed E-state index contributed by atoms with van der Waals surface area (Å²) in [5, 5.41) is 4.04. The van der Waals surface area contributed by atoms with E-state index in [0.29, 0.717) is 16.5 Å². The molecule has 5 heteroatoms. The van der Waals surface area contributed by atoms with Crippen molar-refractivity contribution in [1.29, 1.82) is 0 Å². The molecule has 3 N–H and O–H groups in total. The number of benzene rings is 1. The fourth-order valence-corrected chi connectivity index (χ4v) is 3.96. The second kappa shape index (κ2) is 5.37. The van der Waals surface area contributed by atoms with Gasteiger partial charge in [0.05, 0.1) is 5.69 Å². The molecule has 2 aromatic rings. The highest BCUT2D eigenvalue weighted by molar-refractivity contribution is 9.10. The lowest BCUT2D eigenvalue weighted by atomic mass is 9.80. The van der Waals surface area contributed by atoms with Gasteiger partial charge in [0.2, 0.25) is 0 Å². The Morgan fingerprint density at radius 3 is 2.90 bits per heavy atom. The summed E-state index contributed by atoms with van der Waals surface area (Å²) in [6.07, 6.45) is 3.72. The van der Waals surface area contributed by atoms with Crippen LogP contribution in [0, 0.1) is 5.92 Å². The number of nitrogen functional groups attached to an aromatic ring is 1. The molecule has 1 saturated carbocycles. The minimum absolute atomic E-state index is 0.0424. The van der Waals surface area contributed by atoms with Crippen molar-refractivity contribution in [3.05, 3.63) is 27.5 Å². The first kappa shape index (κ1) is 13.9. The standard InChI is InChI=1S/C15H17BrN2OS/c1-8(9-3-2-4-9)18-15(19)14-13(17)11-7-10(16)5-6-12(11)20-14/h5-9H,2-4,17H2,1H3,(H,18,19). The van der Waals surface area contributed by atoms with Gasteiger partial charge in [0.1, 0.15) is 4.88 Å². The van der Waals surface area contributed by atoms with Crippen molar-refractivity contribution >= 4 is 48.9 Å². The molecule has 1 aromatic carbocycles. The first-order valence-electron chi connectivity index (χ1n) is 6.84. The predicted octanol–water partition coefficient (Wildman–Crippen LogP) is 4.16. The van der Waals surface area contributed by atoms with Crippen molar-refractivity contribution in [1.82, 2.24) is 5.32 Å². The normalized spacial score (nSPS) is 16.9. The predicted molar refractivity (Wildman–Crippen MR) is 88.2 cm³/mol. The topological polar surface area (TPSA) is 55.1 Å². The molecule has 1 aliphatic carbocycles. The number of carbonyl (C=O) groups excluding carboxylic acids is 1. The van der Waals surface area contributed by atoms with Gasteiger partial charge in [-0.1, -0.05) is 22.4 Å². The van der Waals surface area contributed by atoms with Crippen LogP contribution in [0.5, 0.6) is 0 Å². The fraction of sp³-hybridized carbons (Fsp3) is 0.400. The number of amides is 1. The Hall–Kier alpha value is -1.07. The number of hydrogen-bond acceptors (Lipinski definition) is 3. The Kier molecular flexibility index (Phi) is 3.73. The Bertz CT molecular complexity index is 663. The number of hydrogen-bond donors (Lipinski definition) is 2. The van der Waals surface area contributed by atoms with Crippen molar-refractivity contribution in [2.24, 2.45) is 5.92 Å². The highest BCUT2D eigenvalue weighted by atomic mass is 79.9. The molecule has 0 bridgehead atoms. The van der Waals surface area contributed by atoms with Crippen LogP contribution in [0.4, 0.5) is 5.69 Å². The average Bonchev–Trinajstić information content (AvgIpc) is 2.64. The zero-order valence-corrected chi connectivity index (χ0v) is 13.7. The number of nitrogens with two attached hydrogens (primary N) is 1. The molecule has 106 valence electrons.